The van der Waals surface area contributed by atoms with Crippen LogP contribution in [0.3, 0.4) is 0 Å². The summed E-state index contributed by atoms with van der Waals surface area (Å²) >= 11 is 0. The number of para-hydroxylation sites is 1. The van der Waals surface area contributed by atoms with E-state index in [0.29, 0.717) is 12.5 Å². The van der Waals surface area contributed by atoms with Crippen molar-refractivity contribution >= 4 is 17.5 Å². The van der Waals surface area contributed by atoms with E-state index in [1.54, 1.807) is 7.11 Å². The molecule has 0 bridgehead atoms. The molecule has 0 amide bonds. The highest BCUT2D eigenvalue weighted by Gasteiger charge is 2.08. The molecular weight excluding hydrogens is 336 g/mol. The number of nitrogens with zero attached hydrogens (tertiary/aromatic N) is 2. The van der Waals surface area contributed by atoms with Crippen LogP contribution in [0.15, 0.2) is 48.5 Å². The molecule has 0 unspecified atom stereocenters. The molecule has 0 spiro atoms. The summed E-state index contributed by atoms with van der Waals surface area (Å²) in [5, 5.41) is 6.78. The van der Waals surface area contributed by atoms with Gasteiger partial charge in [-0.25, -0.2) is 4.98 Å². The maximum absolute atomic E-state index is 5.20. The minimum absolute atomic E-state index is 0.608. The van der Waals surface area contributed by atoms with Gasteiger partial charge in [-0.1, -0.05) is 37.3 Å². The van der Waals surface area contributed by atoms with Crippen molar-refractivity contribution in [1.29, 1.82) is 0 Å². The fourth-order valence-corrected chi connectivity index (χ4v) is 2.96. The Hall–Kier alpha value is -3.08. The molecule has 0 fully saturated rings. The van der Waals surface area contributed by atoms with Crippen LogP contribution in [0.25, 0.3) is 0 Å². The lowest BCUT2D eigenvalue weighted by Crippen LogP contribution is -2.07. The van der Waals surface area contributed by atoms with Gasteiger partial charge in [-0.2, -0.15) is 4.98 Å². The number of methoxy groups -OCH3 is 1. The summed E-state index contributed by atoms with van der Waals surface area (Å²) < 4.78 is 5.20. The third-order valence-electron chi connectivity index (χ3n) is 4.46. The molecular formula is C22H26N4O. The van der Waals surface area contributed by atoms with Crippen LogP contribution in [0.5, 0.6) is 5.75 Å². The van der Waals surface area contributed by atoms with Crippen LogP contribution in [0.4, 0.5) is 17.5 Å². The highest BCUT2D eigenvalue weighted by Crippen LogP contribution is 2.24. The van der Waals surface area contributed by atoms with Gasteiger partial charge in [-0.3, -0.25) is 0 Å². The zero-order chi connectivity index (χ0) is 19.2. The Morgan fingerprint density at radius 3 is 2.48 bits per heavy atom. The van der Waals surface area contributed by atoms with Crippen molar-refractivity contribution < 1.29 is 4.74 Å². The molecule has 1 aromatic heterocycles. The minimum Gasteiger partial charge on any atom is -0.497 e. The van der Waals surface area contributed by atoms with Gasteiger partial charge in [0.25, 0.3) is 0 Å². The number of aryl methyl sites for hydroxylation is 3. The lowest BCUT2D eigenvalue weighted by Gasteiger charge is -2.14. The Morgan fingerprint density at radius 1 is 1.00 bits per heavy atom. The van der Waals surface area contributed by atoms with Gasteiger partial charge in [0.1, 0.15) is 11.6 Å². The van der Waals surface area contributed by atoms with E-state index in [4.69, 9.17) is 4.74 Å². The highest BCUT2D eigenvalue weighted by molar-refractivity contribution is 5.64. The Morgan fingerprint density at radius 2 is 1.78 bits per heavy atom. The number of ether oxygens (including phenoxy) is 1. The molecule has 3 rings (SSSR count). The maximum Gasteiger partial charge on any atom is 0.229 e. The molecule has 5 heteroatoms. The van der Waals surface area contributed by atoms with Crippen LogP contribution >= 0.6 is 0 Å². The summed E-state index contributed by atoms with van der Waals surface area (Å²) in [6.07, 6.45) is 0.957. The predicted molar refractivity (Wildman–Crippen MR) is 111 cm³/mol. The van der Waals surface area contributed by atoms with Crippen molar-refractivity contribution in [2.45, 2.75) is 33.7 Å². The Balaban J connectivity index is 1.76. The second kappa shape index (κ2) is 8.54. The standard InChI is InChI=1S/C22H26N4O/c1-5-18-8-6-7-15(2)21(18)26-22-24-16(3)13-20(25-22)23-14-17-9-11-19(27-4)12-10-17/h6-13H,5,14H2,1-4H3,(H2,23,24,25,26). The monoisotopic (exact) mass is 362 g/mol. The van der Waals surface area contributed by atoms with Crippen molar-refractivity contribution in [3.8, 4) is 5.75 Å². The van der Waals surface area contributed by atoms with E-state index in [1.807, 2.05) is 37.3 Å². The summed E-state index contributed by atoms with van der Waals surface area (Å²) in [5.41, 5.74) is 5.61. The summed E-state index contributed by atoms with van der Waals surface area (Å²) in [4.78, 5) is 9.18. The molecule has 0 saturated carbocycles. The molecule has 27 heavy (non-hydrogen) atoms. The Labute approximate surface area is 160 Å². The highest BCUT2D eigenvalue weighted by atomic mass is 16.5. The third-order valence-corrected chi connectivity index (χ3v) is 4.46. The molecule has 0 aliphatic carbocycles. The number of rotatable bonds is 7. The number of anilines is 3. The number of aromatic nitrogens is 2. The molecule has 5 nitrogen and oxygen atoms in total. The third kappa shape index (κ3) is 4.76. The molecule has 0 aliphatic heterocycles. The van der Waals surface area contributed by atoms with Gasteiger partial charge < -0.3 is 15.4 Å². The number of nitrogens with one attached hydrogen (secondary N) is 2. The van der Waals surface area contributed by atoms with Gasteiger partial charge in [0, 0.05) is 24.0 Å². The second-order valence-corrected chi connectivity index (χ2v) is 6.51. The fourth-order valence-electron chi connectivity index (χ4n) is 2.96. The lowest BCUT2D eigenvalue weighted by atomic mass is 10.1. The van der Waals surface area contributed by atoms with E-state index in [1.165, 1.54) is 11.1 Å². The average Bonchev–Trinajstić information content (AvgIpc) is 2.68. The molecule has 2 aromatic carbocycles. The molecule has 1 heterocycles. The van der Waals surface area contributed by atoms with Crippen molar-refractivity contribution in [2.24, 2.45) is 0 Å². The van der Waals surface area contributed by atoms with E-state index in [2.05, 4.69) is 52.6 Å². The van der Waals surface area contributed by atoms with Crippen molar-refractivity contribution in [3.05, 3.63) is 70.9 Å². The van der Waals surface area contributed by atoms with Crippen molar-refractivity contribution in [1.82, 2.24) is 9.97 Å². The second-order valence-electron chi connectivity index (χ2n) is 6.51. The molecule has 3 aromatic rings. The molecule has 2 N–H and O–H groups in total. The van der Waals surface area contributed by atoms with Crippen LogP contribution in [0.2, 0.25) is 0 Å². The van der Waals surface area contributed by atoms with Gasteiger partial charge in [0.05, 0.1) is 7.11 Å². The van der Waals surface area contributed by atoms with E-state index < -0.39 is 0 Å². The smallest absolute Gasteiger partial charge is 0.229 e. The largest absolute Gasteiger partial charge is 0.497 e. The minimum atomic E-state index is 0.608. The first kappa shape index (κ1) is 18.7. The zero-order valence-electron chi connectivity index (χ0n) is 16.3. The molecule has 0 aliphatic rings. The van der Waals surface area contributed by atoms with E-state index in [9.17, 15) is 0 Å². The van der Waals surface area contributed by atoms with Crippen LogP contribution in [-0.2, 0) is 13.0 Å². The van der Waals surface area contributed by atoms with E-state index >= 15 is 0 Å². The zero-order valence-corrected chi connectivity index (χ0v) is 16.3. The number of hydrogen-bond acceptors (Lipinski definition) is 5. The van der Waals surface area contributed by atoms with E-state index in [0.717, 1.165) is 34.9 Å². The van der Waals surface area contributed by atoms with Gasteiger partial charge in [0.15, 0.2) is 0 Å². The molecule has 140 valence electrons. The lowest BCUT2D eigenvalue weighted by molar-refractivity contribution is 0.414. The van der Waals surface area contributed by atoms with Crippen LogP contribution in [0, 0.1) is 13.8 Å². The van der Waals surface area contributed by atoms with Crippen molar-refractivity contribution in [2.75, 3.05) is 17.7 Å². The Kier molecular flexibility index (Phi) is 5.91. The van der Waals surface area contributed by atoms with Gasteiger partial charge in [0.2, 0.25) is 5.95 Å². The first-order valence-electron chi connectivity index (χ1n) is 9.17. The summed E-state index contributed by atoms with van der Waals surface area (Å²) in [5.74, 6) is 2.26. The topological polar surface area (TPSA) is 59.1 Å². The fraction of sp³-hybridized carbons (Fsp3) is 0.273. The number of benzene rings is 2. The summed E-state index contributed by atoms with van der Waals surface area (Å²) in [6.45, 7) is 6.91. The van der Waals surface area contributed by atoms with Gasteiger partial charge in [-0.05, 0) is 49.1 Å². The summed E-state index contributed by atoms with van der Waals surface area (Å²) in [7, 11) is 1.67. The maximum atomic E-state index is 5.20. The van der Waals surface area contributed by atoms with Crippen molar-refractivity contribution in [3.63, 3.8) is 0 Å². The average molecular weight is 362 g/mol. The first-order valence-corrected chi connectivity index (χ1v) is 9.17. The molecule has 0 saturated heterocycles. The first-order chi connectivity index (χ1) is 13.1. The normalized spacial score (nSPS) is 10.5. The van der Waals surface area contributed by atoms with Crippen LogP contribution < -0.4 is 15.4 Å². The SMILES string of the molecule is CCc1cccc(C)c1Nc1nc(C)cc(NCc2ccc(OC)cc2)n1. The Bertz CT molecular complexity index is 907. The predicted octanol–water partition coefficient (Wildman–Crippen LogP) is 5.02. The molecule has 0 atom stereocenters. The van der Waals surface area contributed by atoms with Gasteiger partial charge >= 0.3 is 0 Å². The summed E-state index contributed by atoms with van der Waals surface area (Å²) in [6, 6.07) is 16.3. The van der Waals surface area contributed by atoms with Crippen LogP contribution in [-0.4, -0.2) is 17.1 Å². The quantitative estimate of drug-likeness (QED) is 0.618. The van der Waals surface area contributed by atoms with Crippen LogP contribution in [0.1, 0.15) is 29.3 Å². The number of hydrogen-bond donors (Lipinski definition) is 2. The molecule has 0 radical (unpaired) electrons. The van der Waals surface area contributed by atoms with Gasteiger partial charge in [-0.15, -0.1) is 0 Å². The van der Waals surface area contributed by atoms with E-state index in [-0.39, 0.29) is 0 Å².